The predicted octanol–water partition coefficient (Wildman–Crippen LogP) is 1.61. The quantitative estimate of drug-likeness (QED) is 0.816. The van der Waals surface area contributed by atoms with Gasteiger partial charge < -0.3 is 20.5 Å². The van der Waals surface area contributed by atoms with Crippen LogP contribution in [0.15, 0.2) is 36.5 Å². The van der Waals surface area contributed by atoms with E-state index in [0.717, 1.165) is 5.56 Å². The van der Waals surface area contributed by atoms with Gasteiger partial charge in [-0.05, 0) is 30.3 Å². The van der Waals surface area contributed by atoms with Crippen molar-refractivity contribution in [3.63, 3.8) is 0 Å². The fraction of sp³-hybridized carbons (Fsp3) is 0.200. The number of pyridine rings is 1. The second-order valence-electron chi connectivity index (χ2n) is 4.31. The molecule has 1 heterocycles. The highest BCUT2D eigenvalue weighted by Gasteiger charge is 2.13. The maximum Gasteiger partial charge on any atom is 0.257 e. The summed E-state index contributed by atoms with van der Waals surface area (Å²) in [6, 6.07) is 8.60. The van der Waals surface area contributed by atoms with E-state index in [-0.39, 0.29) is 11.8 Å². The molecule has 0 atom stereocenters. The van der Waals surface area contributed by atoms with Crippen molar-refractivity contribution in [2.24, 2.45) is 0 Å². The number of nitrogens with one attached hydrogen (secondary N) is 1. The van der Waals surface area contributed by atoms with Crippen LogP contribution < -0.4 is 20.5 Å². The molecule has 2 rings (SSSR count). The zero-order chi connectivity index (χ0) is 15.2. The highest BCUT2D eigenvalue weighted by Crippen LogP contribution is 2.21. The van der Waals surface area contributed by atoms with Gasteiger partial charge in [0.2, 0.25) is 5.88 Å². The SMILES string of the molecule is COc1ccc(N)cc1CNC(=O)c1cccnc1OC. The van der Waals surface area contributed by atoms with Gasteiger partial charge >= 0.3 is 0 Å². The third-order valence-electron chi connectivity index (χ3n) is 2.95. The van der Waals surface area contributed by atoms with Gasteiger partial charge in [0.25, 0.3) is 5.91 Å². The zero-order valence-electron chi connectivity index (χ0n) is 11.9. The van der Waals surface area contributed by atoms with Crippen LogP contribution in [0.3, 0.4) is 0 Å². The standard InChI is InChI=1S/C15H17N3O3/c1-20-13-6-5-11(16)8-10(13)9-18-14(19)12-4-3-7-17-15(12)21-2/h3-8H,9,16H2,1-2H3,(H,18,19). The van der Waals surface area contributed by atoms with Crippen molar-refractivity contribution in [2.45, 2.75) is 6.54 Å². The van der Waals surface area contributed by atoms with Gasteiger partial charge in [-0.2, -0.15) is 0 Å². The Morgan fingerprint density at radius 3 is 2.81 bits per heavy atom. The second kappa shape index (κ2) is 6.60. The number of amides is 1. The highest BCUT2D eigenvalue weighted by atomic mass is 16.5. The number of methoxy groups -OCH3 is 2. The molecular formula is C15H17N3O3. The molecule has 1 aromatic heterocycles. The van der Waals surface area contributed by atoms with Crippen LogP contribution in [0.5, 0.6) is 11.6 Å². The number of ether oxygens (including phenoxy) is 2. The number of nitrogen functional groups attached to an aromatic ring is 1. The molecule has 2 aromatic rings. The fourth-order valence-corrected chi connectivity index (χ4v) is 1.93. The van der Waals surface area contributed by atoms with Crippen LogP contribution in [-0.4, -0.2) is 25.1 Å². The number of nitrogens with zero attached hydrogens (tertiary/aromatic N) is 1. The number of aromatic nitrogens is 1. The number of hydrogen-bond acceptors (Lipinski definition) is 5. The number of benzene rings is 1. The first-order valence-electron chi connectivity index (χ1n) is 6.35. The summed E-state index contributed by atoms with van der Waals surface area (Å²) >= 11 is 0. The van der Waals surface area contributed by atoms with Crippen molar-refractivity contribution in [3.05, 3.63) is 47.7 Å². The molecule has 0 aliphatic rings. The predicted molar refractivity (Wildman–Crippen MR) is 79.4 cm³/mol. The number of hydrogen-bond donors (Lipinski definition) is 2. The van der Waals surface area contributed by atoms with E-state index in [1.807, 2.05) is 0 Å². The van der Waals surface area contributed by atoms with Crippen molar-refractivity contribution in [2.75, 3.05) is 20.0 Å². The maximum absolute atomic E-state index is 12.2. The van der Waals surface area contributed by atoms with Gasteiger partial charge in [-0.25, -0.2) is 4.98 Å². The Kier molecular flexibility index (Phi) is 4.61. The highest BCUT2D eigenvalue weighted by molar-refractivity contribution is 5.96. The van der Waals surface area contributed by atoms with Gasteiger partial charge in [-0.1, -0.05) is 0 Å². The van der Waals surface area contributed by atoms with Crippen molar-refractivity contribution in [3.8, 4) is 11.6 Å². The van der Waals surface area contributed by atoms with E-state index in [4.69, 9.17) is 15.2 Å². The van der Waals surface area contributed by atoms with Crippen LogP contribution in [0.2, 0.25) is 0 Å². The Hall–Kier alpha value is -2.76. The van der Waals surface area contributed by atoms with E-state index in [9.17, 15) is 4.79 Å². The molecule has 110 valence electrons. The summed E-state index contributed by atoms with van der Waals surface area (Å²) in [6.45, 7) is 0.297. The number of rotatable bonds is 5. The Morgan fingerprint density at radius 1 is 1.29 bits per heavy atom. The van der Waals surface area contributed by atoms with Gasteiger partial charge in [-0.3, -0.25) is 4.79 Å². The van der Waals surface area contributed by atoms with Crippen molar-refractivity contribution in [1.29, 1.82) is 0 Å². The van der Waals surface area contributed by atoms with E-state index in [1.165, 1.54) is 7.11 Å². The van der Waals surface area contributed by atoms with Crippen molar-refractivity contribution >= 4 is 11.6 Å². The number of anilines is 1. The molecule has 0 saturated carbocycles. The van der Waals surface area contributed by atoms with Crippen molar-refractivity contribution in [1.82, 2.24) is 10.3 Å². The molecule has 1 amide bonds. The first kappa shape index (κ1) is 14.6. The molecule has 3 N–H and O–H groups in total. The average molecular weight is 287 g/mol. The smallest absolute Gasteiger partial charge is 0.257 e. The molecule has 0 aliphatic carbocycles. The number of nitrogens with two attached hydrogens (primary N) is 1. The number of carbonyl (C=O) groups excluding carboxylic acids is 1. The Balaban J connectivity index is 2.13. The molecule has 0 bridgehead atoms. The Labute approximate surface area is 122 Å². The topological polar surface area (TPSA) is 86.5 Å². The zero-order valence-corrected chi connectivity index (χ0v) is 11.9. The van der Waals surface area contributed by atoms with E-state index >= 15 is 0 Å². The lowest BCUT2D eigenvalue weighted by atomic mass is 10.1. The molecule has 0 aliphatic heterocycles. The van der Waals surface area contributed by atoms with Crippen molar-refractivity contribution < 1.29 is 14.3 Å². The molecule has 6 nitrogen and oxygen atoms in total. The van der Waals surface area contributed by atoms with Crippen LogP contribution in [0.1, 0.15) is 15.9 Å². The van der Waals surface area contributed by atoms with Gasteiger partial charge in [0, 0.05) is 24.0 Å². The van der Waals surface area contributed by atoms with Crippen LogP contribution >= 0.6 is 0 Å². The lowest BCUT2D eigenvalue weighted by molar-refractivity contribution is 0.0947. The minimum absolute atomic E-state index is 0.274. The van der Waals surface area contributed by atoms with E-state index < -0.39 is 0 Å². The molecule has 0 saturated heterocycles. The first-order valence-corrected chi connectivity index (χ1v) is 6.35. The fourth-order valence-electron chi connectivity index (χ4n) is 1.93. The summed E-state index contributed by atoms with van der Waals surface area (Å²) in [5.74, 6) is 0.682. The largest absolute Gasteiger partial charge is 0.496 e. The second-order valence-corrected chi connectivity index (χ2v) is 4.31. The van der Waals surface area contributed by atoms with Crippen LogP contribution in [0, 0.1) is 0 Å². The van der Waals surface area contributed by atoms with E-state index in [0.29, 0.717) is 23.5 Å². The summed E-state index contributed by atoms with van der Waals surface area (Å²) < 4.78 is 10.3. The molecular weight excluding hydrogens is 270 g/mol. The summed E-state index contributed by atoms with van der Waals surface area (Å²) in [4.78, 5) is 16.2. The summed E-state index contributed by atoms with van der Waals surface area (Å²) in [5, 5.41) is 2.80. The van der Waals surface area contributed by atoms with E-state index in [2.05, 4.69) is 10.3 Å². The lowest BCUT2D eigenvalue weighted by Gasteiger charge is -2.11. The molecule has 6 heteroatoms. The minimum atomic E-state index is -0.274. The molecule has 0 fully saturated rings. The van der Waals surface area contributed by atoms with Gasteiger partial charge in [0.15, 0.2) is 0 Å². The molecule has 1 aromatic carbocycles. The van der Waals surface area contributed by atoms with Crippen LogP contribution in [0.4, 0.5) is 5.69 Å². The third-order valence-corrected chi connectivity index (χ3v) is 2.95. The molecule has 0 spiro atoms. The minimum Gasteiger partial charge on any atom is -0.496 e. The lowest BCUT2D eigenvalue weighted by Crippen LogP contribution is -2.24. The first-order chi connectivity index (χ1) is 10.2. The molecule has 21 heavy (non-hydrogen) atoms. The molecule has 0 unspecified atom stereocenters. The average Bonchev–Trinajstić information content (AvgIpc) is 2.52. The third kappa shape index (κ3) is 3.42. The van der Waals surface area contributed by atoms with Gasteiger partial charge in [0.05, 0.1) is 14.2 Å². The van der Waals surface area contributed by atoms with E-state index in [1.54, 1.807) is 43.6 Å². The van der Waals surface area contributed by atoms with Crippen LogP contribution in [0.25, 0.3) is 0 Å². The Morgan fingerprint density at radius 2 is 2.10 bits per heavy atom. The monoisotopic (exact) mass is 287 g/mol. The normalized spacial score (nSPS) is 10.0. The van der Waals surface area contributed by atoms with Gasteiger partial charge in [0.1, 0.15) is 11.3 Å². The summed E-state index contributed by atoms with van der Waals surface area (Å²) in [6.07, 6.45) is 1.57. The molecule has 0 radical (unpaired) electrons. The summed E-state index contributed by atoms with van der Waals surface area (Å²) in [7, 11) is 3.04. The Bertz CT molecular complexity index is 644. The summed E-state index contributed by atoms with van der Waals surface area (Å²) in [5.41, 5.74) is 7.53. The van der Waals surface area contributed by atoms with Gasteiger partial charge in [-0.15, -0.1) is 0 Å². The van der Waals surface area contributed by atoms with Crippen LogP contribution in [-0.2, 0) is 6.54 Å². The maximum atomic E-state index is 12.2. The number of carbonyl (C=O) groups is 1.